The maximum Gasteiger partial charge on any atom is 0.196 e. The van der Waals surface area contributed by atoms with Gasteiger partial charge in [0.15, 0.2) is 5.78 Å². The number of nitrogens with zero attached hydrogens (tertiary/aromatic N) is 1. The van der Waals surface area contributed by atoms with Gasteiger partial charge in [-0.05, 0) is 37.7 Å². The third-order valence-corrected chi connectivity index (χ3v) is 4.21. The van der Waals surface area contributed by atoms with E-state index in [1.807, 2.05) is 6.92 Å². The standard InChI is InChI=1S/C17H25NO3/c1-4-8-21-15-9-14(11-18-12-15)16(19)17(20-3)7-5-6-13(2)10-17/h9,11-13H,4-8,10H2,1-3H3. The Labute approximate surface area is 126 Å². The lowest BCUT2D eigenvalue weighted by Crippen LogP contribution is -2.44. The van der Waals surface area contributed by atoms with Crippen LogP contribution in [-0.4, -0.2) is 30.1 Å². The molecule has 2 unspecified atom stereocenters. The van der Waals surface area contributed by atoms with E-state index in [2.05, 4.69) is 11.9 Å². The second kappa shape index (κ2) is 7.03. The number of ether oxygens (including phenoxy) is 2. The molecule has 116 valence electrons. The fourth-order valence-corrected chi connectivity index (χ4v) is 3.09. The van der Waals surface area contributed by atoms with Crippen molar-refractivity contribution in [1.82, 2.24) is 4.98 Å². The van der Waals surface area contributed by atoms with Gasteiger partial charge < -0.3 is 9.47 Å². The second-order valence-corrected chi connectivity index (χ2v) is 5.99. The average Bonchev–Trinajstić information content (AvgIpc) is 2.52. The molecule has 2 rings (SSSR count). The van der Waals surface area contributed by atoms with Crippen molar-refractivity contribution in [3.8, 4) is 5.75 Å². The summed E-state index contributed by atoms with van der Waals surface area (Å²) in [7, 11) is 1.64. The SMILES string of the molecule is CCCOc1cncc(C(=O)C2(OC)CCCC(C)C2)c1. The van der Waals surface area contributed by atoms with Crippen LogP contribution in [0, 0.1) is 5.92 Å². The summed E-state index contributed by atoms with van der Waals surface area (Å²) in [5, 5.41) is 0. The first-order chi connectivity index (χ1) is 10.1. The minimum Gasteiger partial charge on any atom is -0.492 e. The molecule has 0 bridgehead atoms. The first kappa shape index (κ1) is 16.0. The van der Waals surface area contributed by atoms with Crippen molar-refractivity contribution in [2.75, 3.05) is 13.7 Å². The van der Waals surface area contributed by atoms with Crippen LogP contribution in [0.2, 0.25) is 0 Å². The van der Waals surface area contributed by atoms with Gasteiger partial charge in [-0.25, -0.2) is 0 Å². The Morgan fingerprint density at radius 1 is 1.48 bits per heavy atom. The fourth-order valence-electron chi connectivity index (χ4n) is 3.09. The van der Waals surface area contributed by atoms with Crippen molar-refractivity contribution in [3.63, 3.8) is 0 Å². The van der Waals surface area contributed by atoms with Gasteiger partial charge >= 0.3 is 0 Å². The third-order valence-electron chi connectivity index (χ3n) is 4.21. The van der Waals surface area contributed by atoms with Gasteiger partial charge in [0.2, 0.25) is 0 Å². The van der Waals surface area contributed by atoms with Gasteiger partial charge in [-0.1, -0.05) is 20.3 Å². The molecule has 1 aliphatic rings. The van der Waals surface area contributed by atoms with Crippen LogP contribution < -0.4 is 4.74 Å². The molecule has 1 heterocycles. The van der Waals surface area contributed by atoms with E-state index in [9.17, 15) is 4.79 Å². The predicted molar refractivity (Wildman–Crippen MR) is 81.7 cm³/mol. The first-order valence-corrected chi connectivity index (χ1v) is 7.79. The molecule has 4 nitrogen and oxygen atoms in total. The minimum absolute atomic E-state index is 0.0333. The van der Waals surface area contributed by atoms with Crippen molar-refractivity contribution in [2.45, 2.75) is 51.6 Å². The van der Waals surface area contributed by atoms with Crippen LogP contribution in [0.15, 0.2) is 18.5 Å². The van der Waals surface area contributed by atoms with Crippen molar-refractivity contribution in [2.24, 2.45) is 5.92 Å². The number of carbonyl (C=O) groups is 1. The van der Waals surface area contributed by atoms with Crippen LogP contribution in [-0.2, 0) is 4.74 Å². The molecule has 0 N–H and O–H groups in total. The number of pyridine rings is 1. The highest BCUT2D eigenvalue weighted by atomic mass is 16.5. The first-order valence-electron chi connectivity index (χ1n) is 7.79. The van der Waals surface area contributed by atoms with Crippen molar-refractivity contribution in [3.05, 3.63) is 24.0 Å². The van der Waals surface area contributed by atoms with Gasteiger partial charge in [-0.3, -0.25) is 9.78 Å². The Morgan fingerprint density at radius 3 is 2.95 bits per heavy atom. The maximum absolute atomic E-state index is 12.9. The quantitative estimate of drug-likeness (QED) is 0.751. The number of hydrogen-bond acceptors (Lipinski definition) is 4. The molecule has 1 aliphatic carbocycles. The Bertz CT molecular complexity index is 489. The molecule has 0 aromatic carbocycles. The molecule has 0 amide bonds. The summed E-state index contributed by atoms with van der Waals surface area (Å²) in [6.07, 6.45) is 7.94. The van der Waals surface area contributed by atoms with Crippen LogP contribution >= 0.6 is 0 Å². The van der Waals surface area contributed by atoms with E-state index in [-0.39, 0.29) is 5.78 Å². The largest absolute Gasteiger partial charge is 0.492 e. The molecule has 1 fully saturated rings. The zero-order valence-electron chi connectivity index (χ0n) is 13.2. The normalized spacial score (nSPS) is 25.6. The van der Waals surface area contributed by atoms with E-state index < -0.39 is 5.60 Å². The van der Waals surface area contributed by atoms with Crippen molar-refractivity contribution < 1.29 is 14.3 Å². The van der Waals surface area contributed by atoms with Crippen molar-refractivity contribution in [1.29, 1.82) is 0 Å². The summed E-state index contributed by atoms with van der Waals surface area (Å²) in [5.74, 6) is 1.19. The van der Waals surface area contributed by atoms with Gasteiger partial charge in [-0.2, -0.15) is 0 Å². The Kier molecular flexibility index (Phi) is 5.34. The lowest BCUT2D eigenvalue weighted by atomic mass is 9.75. The number of hydrogen-bond donors (Lipinski definition) is 0. The molecule has 0 spiro atoms. The number of methoxy groups -OCH3 is 1. The fraction of sp³-hybridized carbons (Fsp3) is 0.647. The summed E-state index contributed by atoms with van der Waals surface area (Å²) in [6.45, 7) is 4.86. The molecule has 0 radical (unpaired) electrons. The molecule has 4 heteroatoms. The van der Waals surface area contributed by atoms with Gasteiger partial charge in [0, 0.05) is 18.9 Å². The maximum atomic E-state index is 12.9. The molecule has 2 atom stereocenters. The minimum atomic E-state index is -0.692. The number of carbonyl (C=O) groups excluding carboxylic acids is 1. The van der Waals surface area contributed by atoms with E-state index >= 15 is 0 Å². The number of ketones is 1. The van der Waals surface area contributed by atoms with Gasteiger partial charge in [0.1, 0.15) is 11.4 Å². The Balaban J connectivity index is 2.21. The van der Waals surface area contributed by atoms with Gasteiger partial charge in [-0.15, -0.1) is 0 Å². The van der Waals surface area contributed by atoms with Crippen LogP contribution in [0.1, 0.15) is 56.3 Å². The smallest absolute Gasteiger partial charge is 0.196 e. The number of Topliss-reactive ketones (excluding diaryl/α,β-unsaturated/α-hetero) is 1. The lowest BCUT2D eigenvalue weighted by Gasteiger charge is -2.37. The van der Waals surface area contributed by atoms with Crippen LogP contribution in [0.3, 0.4) is 0 Å². The molecule has 1 aromatic heterocycles. The van der Waals surface area contributed by atoms with Crippen molar-refractivity contribution >= 4 is 5.78 Å². The summed E-state index contributed by atoms with van der Waals surface area (Å²) in [6, 6.07) is 1.78. The third kappa shape index (κ3) is 3.62. The molecule has 0 aliphatic heterocycles. The zero-order chi connectivity index (χ0) is 15.3. The van der Waals surface area contributed by atoms with E-state index in [4.69, 9.17) is 9.47 Å². The highest BCUT2D eigenvalue weighted by Gasteiger charge is 2.42. The van der Waals surface area contributed by atoms with Gasteiger partial charge in [0.25, 0.3) is 0 Å². The summed E-state index contributed by atoms with van der Waals surface area (Å²) < 4.78 is 11.2. The van der Waals surface area contributed by atoms with Crippen LogP contribution in [0.5, 0.6) is 5.75 Å². The van der Waals surface area contributed by atoms with Crippen LogP contribution in [0.4, 0.5) is 0 Å². The molecule has 1 aromatic rings. The van der Waals surface area contributed by atoms with E-state index in [0.717, 1.165) is 32.1 Å². The highest BCUT2D eigenvalue weighted by molar-refractivity contribution is 6.02. The number of rotatable bonds is 6. The summed E-state index contributed by atoms with van der Waals surface area (Å²) >= 11 is 0. The molecule has 0 saturated heterocycles. The molecule has 1 saturated carbocycles. The van der Waals surface area contributed by atoms with E-state index in [0.29, 0.717) is 23.8 Å². The summed E-state index contributed by atoms with van der Waals surface area (Å²) in [4.78, 5) is 17.0. The van der Waals surface area contributed by atoms with Crippen LogP contribution in [0.25, 0.3) is 0 Å². The molecule has 21 heavy (non-hydrogen) atoms. The topological polar surface area (TPSA) is 48.4 Å². The highest BCUT2D eigenvalue weighted by Crippen LogP contribution is 2.37. The van der Waals surface area contributed by atoms with E-state index in [1.54, 1.807) is 25.6 Å². The predicted octanol–water partition coefficient (Wildman–Crippen LogP) is 3.65. The lowest BCUT2D eigenvalue weighted by molar-refractivity contribution is -0.0303. The Morgan fingerprint density at radius 2 is 2.29 bits per heavy atom. The number of aromatic nitrogens is 1. The van der Waals surface area contributed by atoms with Gasteiger partial charge in [0.05, 0.1) is 12.8 Å². The monoisotopic (exact) mass is 291 g/mol. The molecular weight excluding hydrogens is 266 g/mol. The molecular formula is C17H25NO3. The zero-order valence-corrected chi connectivity index (χ0v) is 13.2. The second-order valence-electron chi connectivity index (χ2n) is 5.99. The average molecular weight is 291 g/mol. The Hall–Kier alpha value is -1.42. The van der Waals surface area contributed by atoms with E-state index in [1.165, 1.54) is 0 Å². The summed E-state index contributed by atoms with van der Waals surface area (Å²) in [5.41, 5.74) is -0.109.